The molecule has 0 aliphatic heterocycles. The van der Waals surface area contributed by atoms with Crippen molar-refractivity contribution in [2.24, 2.45) is 0 Å². The molecule has 0 saturated carbocycles. The van der Waals surface area contributed by atoms with Crippen LogP contribution >= 0.6 is 0 Å². The van der Waals surface area contributed by atoms with E-state index in [9.17, 15) is 5.11 Å². The third-order valence-corrected chi connectivity index (χ3v) is 2.66. The highest BCUT2D eigenvalue weighted by atomic mass is 16.3. The third kappa shape index (κ3) is 3.96. The Morgan fingerprint density at radius 2 is 2.06 bits per heavy atom. The molecule has 2 aromatic heterocycles. The van der Waals surface area contributed by atoms with Crippen LogP contribution in [0.1, 0.15) is 17.7 Å². The molecule has 3 nitrogen and oxygen atoms in total. The third-order valence-electron chi connectivity index (χ3n) is 2.66. The summed E-state index contributed by atoms with van der Waals surface area (Å²) in [5, 5.41) is 9.90. The second-order valence-electron chi connectivity index (χ2n) is 4.08. The second-order valence-corrected chi connectivity index (χ2v) is 4.08. The van der Waals surface area contributed by atoms with E-state index in [-0.39, 0.29) is 6.10 Å². The maximum Gasteiger partial charge on any atom is 0.0598 e. The molecule has 0 amide bonds. The fourth-order valence-electron chi connectivity index (χ4n) is 1.74. The topological polar surface area (TPSA) is 46.0 Å². The van der Waals surface area contributed by atoms with Crippen LogP contribution in [0.4, 0.5) is 0 Å². The maximum absolute atomic E-state index is 9.90. The monoisotopic (exact) mass is 228 g/mol. The zero-order valence-corrected chi connectivity index (χ0v) is 9.66. The Hall–Kier alpha value is -1.74. The fourth-order valence-corrected chi connectivity index (χ4v) is 1.74. The molecule has 0 bridgehead atoms. The SMILES string of the molecule is OC(CCc1cccnc1)Cc1ccccn1. The Kier molecular flexibility index (Phi) is 4.22. The molecule has 1 unspecified atom stereocenters. The van der Waals surface area contributed by atoms with E-state index in [1.807, 2.05) is 36.5 Å². The number of aliphatic hydroxyl groups excluding tert-OH is 1. The molecule has 2 aromatic rings. The molecule has 88 valence electrons. The van der Waals surface area contributed by atoms with Crippen molar-refractivity contribution in [3.8, 4) is 0 Å². The lowest BCUT2D eigenvalue weighted by Gasteiger charge is -2.09. The van der Waals surface area contributed by atoms with Gasteiger partial charge in [0.05, 0.1) is 6.10 Å². The van der Waals surface area contributed by atoms with E-state index >= 15 is 0 Å². The van der Waals surface area contributed by atoms with Gasteiger partial charge in [-0.05, 0) is 36.6 Å². The van der Waals surface area contributed by atoms with Gasteiger partial charge >= 0.3 is 0 Å². The zero-order valence-electron chi connectivity index (χ0n) is 9.66. The van der Waals surface area contributed by atoms with Crippen LogP contribution in [-0.2, 0) is 12.8 Å². The van der Waals surface area contributed by atoms with Crippen LogP contribution in [0.25, 0.3) is 0 Å². The van der Waals surface area contributed by atoms with Gasteiger partial charge in [0.15, 0.2) is 0 Å². The first-order valence-electron chi connectivity index (χ1n) is 5.81. The van der Waals surface area contributed by atoms with E-state index in [1.54, 1.807) is 12.4 Å². The molecule has 1 atom stereocenters. The summed E-state index contributed by atoms with van der Waals surface area (Å²) in [4.78, 5) is 8.25. The summed E-state index contributed by atoms with van der Waals surface area (Å²) in [5.41, 5.74) is 2.10. The van der Waals surface area contributed by atoms with Gasteiger partial charge in [0.25, 0.3) is 0 Å². The van der Waals surface area contributed by atoms with E-state index in [2.05, 4.69) is 9.97 Å². The molecule has 0 aliphatic carbocycles. The second kappa shape index (κ2) is 6.11. The van der Waals surface area contributed by atoms with Crippen LogP contribution in [0.5, 0.6) is 0 Å². The zero-order chi connectivity index (χ0) is 11.9. The highest BCUT2D eigenvalue weighted by Gasteiger charge is 2.06. The molecule has 2 rings (SSSR count). The summed E-state index contributed by atoms with van der Waals surface area (Å²) in [7, 11) is 0. The lowest BCUT2D eigenvalue weighted by atomic mass is 10.0. The van der Waals surface area contributed by atoms with E-state index in [4.69, 9.17) is 0 Å². The minimum Gasteiger partial charge on any atom is -0.393 e. The Morgan fingerprint density at radius 1 is 1.12 bits per heavy atom. The van der Waals surface area contributed by atoms with Gasteiger partial charge in [-0.3, -0.25) is 9.97 Å². The molecule has 1 N–H and O–H groups in total. The lowest BCUT2D eigenvalue weighted by Crippen LogP contribution is -2.12. The summed E-state index contributed by atoms with van der Waals surface area (Å²) >= 11 is 0. The normalized spacial score (nSPS) is 12.3. The van der Waals surface area contributed by atoms with Crippen molar-refractivity contribution in [1.82, 2.24) is 9.97 Å². The van der Waals surface area contributed by atoms with Gasteiger partial charge < -0.3 is 5.11 Å². The standard InChI is InChI=1S/C14H16N2O/c17-14(10-13-5-1-2-9-16-13)7-6-12-4-3-8-15-11-12/h1-5,8-9,11,14,17H,6-7,10H2. The molecule has 17 heavy (non-hydrogen) atoms. The number of hydrogen-bond donors (Lipinski definition) is 1. The summed E-state index contributed by atoms with van der Waals surface area (Å²) in [6.45, 7) is 0. The minimum atomic E-state index is -0.342. The highest BCUT2D eigenvalue weighted by molar-refractivity contribution is 5.09. The smallest absolute Gasteiger partial charge is 0.0598 e. The molecular weight excluding hydrogens is 212 g/mol. The fraction of sp³-hybridized carbons (Fsp3) is 0.286. The first-order chi connectivity index (χ1) is 8.34. The molecule has 0 aliphatic rings. The number of aromatic nitrogens is 2. The first kappa shape index (κ1) is 11.7. The van der Waals surface area contributed by atoms with Crippen LogP contribution < -0.4 is 0 Å². The molecule has 3 heteroatoms. The summed E-state index contributed by atoms with van der Waals surface area (Å²) in [6.07, 6.45) is 7.21. The number of rotatable bonds is 5. The van der Waals surface area contributed by atoms with Crippen molar-refractivity contribution in [2.45, 2.75) is 25.4 Å². The van der Waals surface area contributed by atoms with E-state index in [1.165, 1.54) is 0 Å². The predicted molar refractivity (Wildman–Crippen MR) is 66.5 cm³/mol. The molecule has 2 heterocycles. The van der Waals surface area contributed by atoms with Crippen LogP contribution in [0.2, 0.25) is 0 Å². The van der Waals surface area contributed by atoms with Crippen molar-refractivity contribution >= 4 is 0 Å². The number of pyridine rings is 2. The summed E-state index contributed by atoms with van der Waals surface area (Å²) in [6, 6.07) is 9.70. The number of aryl methyl sites for hydroxylation is 1. The summed E-state index contributed by atoms with van der Waals surface area (Å²) < 4.78 is 0. The van der Waals surface area contributed by atoms with Crippen LogP contribution in [0, 0.1) is 0 Å². The first-order valence-corrected chi connectivity index (χ1v) is 5.81. The predicted octanol–water partition coefficient (Wildman–Crippen LogP) is 2.01. The Labute approximate surface area is 101 Å². The number of nitrogens with zero attached hydrogens (tertiary/aromatic N) is 2. The lowest BCUT2D eigenvalue weighted by molar-refractivity contribution is 0.164. The molecule has 0 saturated heterocycles. The van der Waals surface area contributed by atoms with Crippen molar-refractivity contribution in [1.29, 1.82) is 0 Å². The molecule has 0 fully saturated rings. The van der Waals surface area contributed by atoms with Crippen LogP contribution in [-0.4, -0.2) is 21.2 Å². The van der Waals surface area contributed by atoms with E-state index in [0.717, 1.165) is 24.1 Å². The average Bonchev–Trinajstić information content (AvgIpc) is 2.39. The van der Waals surface area contributed by atoms with Gasteiger partial charge in [-0.15, -0.1) is 0 Å². The van der Waals surface area contributed by atoms with E-state index in [0.29, 0.717) is 6.42 Å². The van der Waals surface area contributed by atoms with Gasteiger partial charge in [-0.1, -0.05) is 12.1 Å². The molecule has 0 aromatic carbocycles. The van der Waals surface area contributed by atoms with Crippen molar-refractivity contribution in [3.05, 3.63) is 60.2 Å². The van der Waals surface area contributed by atoms with Gasteiger partial charge in [-0.25, -0.2) is 0 Å². The van der Waals surface area contributed by atoms with Crippen molar-refractivity contribution in [2.75, 3.05) is 0 Å². The molecule has 0 spiro atoms. The van der Waals surface area contributed by atoms with Gasteiger partial charge in [0, 0.05) is 30.7 Å². The highest BCUT2D eigenvalue weighted by Crippen LogP contribution is 2.07. The van der Waals surface area contributed by atoms with Gasteiger partial charge in [0.1, 0.15) is 0 Å². The summed E-state index contributed by atoms with van der Waals surface area (Å²) in [5.74, 6) is 0. The Bertz CT molecular complexity index is 430. The van der Waals surface area contributed by atoms with Gasteiger partial charge in [-0.2, -0.15) is 0 Å². The Balaban J connectivity index is 1.80. The maximum atomic E-state index is 9.90. The number of aliphatic hydroxyl groups is 1. The van der Waals surface area contributed by atoms with Gasteiger partial charge in [0.2, 0.25) is 0 Å². The Morgan fingerprint density at radius 3 is 2.76 bits per heavy atom. The van der Waals surface area contributed by atoms with Crippen LogP contribution in [0.15, 0.2) is 48.9 Å². The average molecular weight is 228 g/mol. The van der Waals surface area contributed by atoms with Crippen molar-refractivity contribution < 1.29 is 5.11 Å². The van der Waals surface area contributed by atoms with E-state index < -0.39 is 0 Å². The quantitative estimate of drug-likeness (QED) is 0.851. The molecule has 0 radical (unpaired) electrons. The minimum absolute atomic E-state index is 0.342. The van der Waals surface area contributed by atoms with Crippen molar-refractivity contribution in [3.63, 3.8) is 0 Å². The number of hydrogen-bond acceptors (Lipinski definition) is 3. The molecular formula is C14H16N2O. The van der Waals surface area contributed by atoms with Crippen LogP contribution in [0.3, 0.4) is 0 Å². The largest absolute Gasteiger partial charge is 0.393 e.